The molecule has 0 radical (unpaired) electrons. The lowest BCUT2D eigenvalue weighted by molar-refractivity contribution is -0.121. The second kappa shape index (κ2) is 12.2. The fraction of sp³-hybridized carbons (Fsp3) is 0.556. The highest BCUT2D eigenvalue weighted by atomic mass is 35.5. The van der Waals surface area contributed by atoms with Gasteiger partial charge in [0, 0.05) is 11.4 Å². The van der Waals surface area contributed by atoms with Crippen molar-refractivity contribution in [3.05, 3.63) is 34.9 Å². The second-order valence-corrected chi connectivity index (χ2v) is 6.01. The minimum atomic E-state index is -0.0174. The van der Waals surface area contributed by atoms with E-state index in [9.17, 15) is 4.79 Å². The Balaban J connectivity index is 2.02. The molecule has 0 saturated carbocycles. The molecule has 0 atom stereocenters. The van der Waals surface area contributed by atoms with Crippen molar-refractivity contribution in [2.24, 2.45) is 5.10 Å². The van der Waals surface area contributed by atoms with Gasteiger partial charge in [-0.3, -0.25) is 4.79 Å². The second-order valence-electron chi connectivity index (χ2n) is 5.57. The summed E-state index contributed by atoms with van der Waals surface area (Å²) in [4.78, 5) is 11.6. The number of rotatable bonds is 11. The Morgan fingerprint density at radius 3 is 2.27 bits per heavy atom. The Kier molecular flexibility index (Phi) is 10.4. The molecule has 0 fully saturated rings. The lowest BCUT2D eigenvalue weighted by Gasteiger charge is -2.01. The average molecular weight is 323 g/mol. The molecule has 1 rings (SSSR count). The lowest BCUT2D eigenvalue weighted by Crippen LogP contribution is -2.16. The maximum Gasteiger partial charge on any atom is 0.240 e. The van der Waals surface area contributed by atoms with Crippen LogP contribution in [0, 0.1) is 0 Å². The molecule has 0 bridgehead atoms. The highest BCUT2D eigenvalue weighted by Crippen LogP contribution is 2.09. The molecule has 4 heteroatoms. The van der Waals surface area contributed by atoms with Crippen molar-refractivity contribution >= 4 is 23.7 Å². The van der Waals surface area contributed by atoms with Crippen LogP contribution in [0.1, 0.15) is 70.3 Å². The van der Waals surface area contributed by atoms with Crippen LogP contribution in [0.15, 0.2) is 29.4 Å². The van der Waals surface area contributed by atoms with Crippen LogP contribution >= 0.6 is 11.6 Å². The normalized spacial score (nSPS) is 11.0. The fourth-order valence-electron chi connectivity index (χ4n) is 2.20. The van der Waals surface area contributed by atoms with Gasteiger partial charge in [0.25, 0.3) is 0 Å². The van der Waals surface area contributed by atoms with Crippen molar-refractivity contribution in [3.8, 4) is 0 Å². The van der Waals surface area contributed by atoms with Crippen LogP contribution in [0.4, 0.5) is 0 Å². The fourth-order valence-corrected chi connectivity index (χ4v) is 2.33. The third kappa shape index (κ3) is 9.56. The number of hydrogen-bond acceptors (Lipinski definition) is 2. The van der Waals surface area contributed by atoms with Crippen molar-refractivity contribution in [2.45, 2.75) is 64.7 Å². The van der Waals surface area contributed by atoms with E-state index in [2.05, 4.69) is 17.5 Å². The Morgan fingerprint density at radius 2 is 1.64 bits per heavy atom. The van der Waals surface area contributed by atoms with E-state index in [1.165, 1.54) is 38.5 Å². The highest BCUT2D eigenvalue weighted by molar-refractivity contribution is 6.30. The van der Waals surface area contributed by atoms with E-state index >= 15 is 0 Å². The van der Waals surface area contributed by atoms with Crippen molar-refractivity contribution in [1.29, 1.82) is 0 Å². The Bertz CT molecular complexity index is 443. The van der Waals surface area contributed by atoms with Gasteiger partial charge < -0.3 is 0 Å². The summed E-state index contributed by atoms with van der Waals surface area (Å²) in [6.45, 7) is 2.23. The zero-order chi connectivity index (χ0) is 16.0. The first-order valence-corrected chi connectivity index (χ1v) is 8.67. The first kappa shape index (κ1) is 18.7. The van der Waals surface area contributed by atoms with Gasteiger partial charge in [-0.1, -0.05) is 75.6 Å². The van der Waals surface area contributed by atoms with Crippen molar-refractivity contribution in [2.75, 3.05) is 0 Å². The van der Waals surface area contributed by atoms with Gasteiger partial charge in [0.1, 0.15) is 0 Å². The number of nitrogens with zero attached hydrogens (tertiary/aromatic N) is 1. The van der Waals surface area contributed by atoms with Crippen LogP contribution < -0.4 is 5.43 Å². The molecule has 0 aliphatic carbocycles. The molecule has 1 N–H and O–H groups in total. The standard InChI is InChI=1S/C18H27ClN2O/c1-2-3-4-5-6-7-8-9-10-18(22)21-20-15-16-11-13-17(19)14-12-16/h11-15H,2-10H2,1H3,(H,21,22). The molecule has 22 heavy (non-hydrogen) atoms. The molecule has 0 aliphatic rings. The van der Waals surface area contributed by atoms with Gasteiger partial charge in [0.2, 0.25) is 5.91 Å². The summed E-state index contributed by atoms with van der Waals surface area (Å²) in [5, 5.41) is 4.64. The molecule has 122 valence electrons. The number of unbranched alkanes of at least 4 members (excludes halogenated alkanes) is 7. The molecule has 3 nitrogen and oxygen atoms in total. The monoisotopic (exact) mass is 322 g/mol. The predicted molar refractivity (Wildman–Crippen MR) is 94.4 cm³/mol. The summed E-state index contributed by atoms with van der Waals surface area (Å²) in [6, 6.07) is 7.31. The third-order valence-corrected chi connectivity index (χ3v) is 3.78. The van der Waals surface area contributed by atoms with Crippen LogP contribution in [-0.4, -0.2) is 12.1 Å². The third-order valence-electron chi connectivity index (χ3n) is 3.53. The van der Waals surface area contributed by atoms with Gasteiger partial charge in [0.15, 0.2) is 0 Å². The minimum Gasteiger partial charge on any atom is -0.273 e. The number of amides is 1. The number of carbonyl (C=O) groups is 1. The zero-order valence-corrected chi connectivity index (χ0v) is 14.2. The first-order valence-electron chi connectivity index (χ1n) is 8.30. The first-order chi connectivity index (χ1) is 10.7. The number of hydrazone groups is 1. The molecular weight excluding hydrogens is 296 g/mol. The lowest BCUT2D eigenvalue weighted by atomic mass is 10.1. The Hall–Kier alpha value is -1.35. The van der Waals surface area contributed by atoms with Crippen LogP contribution in [0.2, 0.25) is 5.02 Å². The van der Waals surface area contributed by atoms with E-state index in [-0.39, 0.29) is 5.91 Å². The summed E-state index contributed by atoms with van der Waals surface area (Å²) in [5.41, 5.74) is 3.48. The number of halogens is 1. The summed E-state index contributed by atoms with van der Waals surface area (Å²) < 4.78 is 0. The number of hydrogen-bond donors (Lipinski definition) is 1. The van der Waals surface area contributed by atoms with Crippen molar-refractivity contribution in [1.82, 2.24) is 5.43 Å². The number of nitrogens with one attached hydrogen (secondary N) is 1. The van der Waals surface area contributed by atoms with Gasteiger partial charge >= 0.3 is 0 Å². The molecule has 1 aromatic rings. The van der Waals surface area contributed by atoms with E-state index in [1.807, 2.05) is 12.1 Å². The van der Waals surface area contributed by atoms with E-state index in [0.717, 1.165) is 18.4 Å². The molecule has 0 spiro atoms. The van der Waals surface area contributed by atoms with E-state index in [1.54, 1.807) is 18.3 Å². The van der Waals surface area contributed by atoms with Crippen molar-refractivity contribution < 1.29 is 4.79 Å². The molecule has 0 heterocycles. The predicted octanol–water partition coefficient (Wildman–Crippen LogP) is 5.32. The summed E-state index contributed by atoms with van der Waals surface area (Å²) in [5.74, 6) is -0.0174. The topological polar surface area (TPSA) is 41.5 Å². The maximum absolute atomic E-state index is 11.6. The average Bonchev–Trinajstić information content (AvgIpc) is 2.52. The quantitative estimate of drug-likeness (QED) is 0.334. The minimum absolute atomic E-state index is 0.0174. The number of benzene rings is 1. The molecule has 1 aromatic carbocycles. The number of carbonyl (C=O) groups excluding carboxylic acids is 1. The molecule has 0 unspecified atom stereocenters. The molecule has 1 amide bonds. The van der Waals surface area contributed by atoms with Gasteiger partial charge in [-0.2, -0.15) is 5.10 Å². The van der Waals surface area contributed by atoms with Gasteiger partial charge in [-0.25, -0.2) is 5.43 Å². The molecule has 0 aliphatic heterocycles. The summed E-state index contributed by atoms with van der Waals surface area (Å²) in [6.07, 6.45) is 12.1. The highest BCUT2D eigenvalue weighted by Gasteiger charge is 1.99. The molecular formula is C18H27ClN2O. The SMILES string of the molecule is CCCCCCCCCCC(=O)NN=Cc1ccc(Cl)cc1. The summed E-state index contributed by atoms with van der Waals surface area (Å²) in [7, 11) is 0. The van der Waals surface area contributed by atoms with Crippen molar-refractivity contribution in [3.63, 3.8) is 0 Å². The van der Waals surface area contributed by atoms with Crippen LogP contribution in [0.25, 0.3) is 0 Å². The van der Waals surface area contributed by atoms with Crippen LogP contribution in [0.3, 0.4) is 0 Å². The Morgan fingerprint density at radius 1 is 1.05 bits per heavy atom. The van der Waals surface area contributed by atoms with Gasteiger partial charge in [0.05, 0.1) is 6.21 Å². The van der Waals surface area contributed by atoms with E-state index in [0.29, 0.717) is 11.4 Å². The summed E-state index contributed by atoms with van der Waals surface area (Å²) >= 11 is 5.80. The van der Waals surface area contributed by atoms with E-state index < -0.39 is 0 Å². The zero-order valence-electron chi connectivity index (χ0n) is 13.5. The smallest absolute Gasteiger partial charge is 0.240 e. The maximum atomic E-state index is 11.6. The molecule has 0 aromatic heterocycles. The largest absolute Gasteiger partial charge is 0.273 e. The van der Waals surface area contributed by atoms with Gasteiger partial charge in [-0.15, -0.1) is 0 Å². The van der Waals surface area contributed by atoms with Gasteiger partial charge in [-0.05, 0) is 24.1 Å². The Labute approximate surface area is 139 Å². The van der Waals surface area contributed by atoms with Crippen LogP contribution in [-0.2, 0) is 4.79 Å². The molecule has 0 saturated heterocycles. The van der Waals surface area contributed by atoms with E-state index in [4.69, 9.17) is 11.6 Å². The van der Waals surface area contributed by atoms with Crippen LogP contribution in [0.5, 0.6) is 0 Å².